The summed E-state index contributed by atoms with van der Waals surface area (Å²) in [6.45, 7) is -3.06. The van der Waals surface area contributed by atoms with Gasteiger partial charge in [-0.1, -0.05) is 0 Å². The number of rotatable bonds is 4. The molecule has 0 saturated heterocycles. The summed E-state index contributed by atoms with van der Waals surface area (Å²) >= 11 is 0.655. The van der Waals surface area contributed by atoms with E-state index in [9.17, 15) is 8.78 Å². The SMILES string of the molecule is N#Cc1nc(/N=[C](/[Pb])c2ccccc2)cnc1OC(F)F. The standard InChI is InChI=1S/C13H7F2N4O.Pb/c14-13(15)20-12-10(6-16)19-11(8-18-12)17-7-9-4-2-1-3-5-9;/h1-5,8,13H;. The van der Waals surface area contributed by atoms with Gasteiger partial charge in [0.15, 0.2) is 0 Å². The molecule has 2 aromatic rings. The first-order chi connectivity index (χ1) is 10.1. The molecule has 0 bridgehead atoms. The Kier molecular flexibility index (Phi) is 5.27. The van der Waals surface area contributed by atoms with E-state index in [2.05, 4.69) is 19.7 Å². The summed E-state index contributed by atoms with van der Waals surface area (Å²) in [6, 6.07) is 11.1. The van der Waals surface area contributed by atoms with Crippen LogP contribution in [0.5, 0.6) is 5.88 Å². The van der Waals surface area contributed by atoms with Gasteiger partial charge in [-0.25, -0.2) is 0 Å². The third-order valence-corrected chi connectivity index (χ3v) is 3.86. The fourth-order valence-corrected chi connectivity index (χ4v) is 2.53. The average Bonchev–Trinajstić information content (AvgIpc) is 2.49. The molecule has 0 aliphatic rings. The second kappa shape index (κ2) is 7.17. The molecular weight excluding hydrogens is 473 g/mol. The van der Waals surface area contributed by atoms with Gasteiger partial charge in [0.05, 0.1) is 0 Å². The van der Waals surface area contributed by atoms with E-state index < -0.39 is 12.5 Å². The number of hydrogen-bond acceptors (Lipinski definition) is 5. The van der Waals surface area contributed by atoms with Crippen molar-refractivity contribution in [1.82, 2.24) is 9.97 Å². The molecule has 0 fully saturated rings. The summed E-state index contributed by atoms with van der Waals surface area (Å²) in [5, 5.41) is 8.89. The van der Waals surface area contributed by atoms with Gasteiger partial charge >= 0.3 is 135 Å². The molecule has 3 radical (unpaired) electrons. The van der Waals surface area contributed by atoms with Gasteiger partial charge < -0.3 is 0 Å². The maximum atomic E-state index is 12.1. The van der Waals surface area contributed by atoms with Gasteiger partial charge in [-0.2, -0.15) is 0 Å². The molecular formula is C13H7F2N4OPb. The fourth-order valence-electron chi connectivity index (χ4n) is 1.44. The van der Waals surface area contributed by atoms with E-state index in [4.69, 9.17) is 5.26 Å². The first-order valence-electron chi connectivity index (χ1n) is 5.68. The number of hydrogen-bond donors (Lipinski definition) is 0. The Bertz CT molecular complexity index is 701. The van der Waals surface area contributed by atoms with Crippen LogP contribution in [0.25, 0.3) is 0 Å². The zero-order chi connectivity index (χ0) is 15.2. The maximum absolute atomic E-state index is 12.1. The molecule has 8 heteroatoms. The molecule has 103 valence electrons. The second-order valence-electron chi connectivity index (χ2n) is 3.70. The number of ether oxygens (including phenoxy) is 1. The molecule has 2 rings (SSSR count). The monoisotopic (exact) mass is 481 g/mol. The van der Waals surface area contributed by atoms with Gasteiger partial charge in [0.2, 0.25) is 0 Å². The molecule has 1 aromatic carbocycles. The van der Waals surface area contributed by atoms with Crippen molar-refractivity contribution in [2.75, 3.05) is 0 Å². The van der Waals surface area contributed by atoms with Crippen molar-refractivity contribution in [3.05, 3.63) is 47.8 Å². The molecule has 0 atom stereocenters. The molecule has 0 aliphatic heterocycles. The zero-order valence-corrected chi connectivity index (χ0v) is 14.4. The van der Waals surface area contributed by atoms with Crippen LogP contribution in [0.15, 0.2) is 41.5 Å². The summed E-state index contributed by atoms with van der Waals surface area (Å²) in [5.74, 6) is -0.317. The Balaban J connectivity index is 2.32. The predicted molar refractivity (Wildman–Crippen MR) is 71.8 cm³/mol. The predicted octanol–water partition coefficient (Wildman–Crippen LogP) is 2.20. The Labute approximate surface area is 135 Å². The van der Waals surface area contributed by atoms with Gasteiger partial charge in [-0.05, 0) is 0 Å². The van der Waals surface area contributed by atoms with Crippen LogP contribution < -0.4 is 4.74 Å². The quantitative estimate of drug-likeness (QED) is 0.497. The van der Waals surface area contributed by atoms with Crippen LogP contribution >= 0.6 is 0 Å². The molecule has 1 aromatic heterocycles. The van der Waals surface area contributed by atoms with Crippen molar-refractivity contribution >= 4 is 34.9 Å². The topological polar surface area (TPSA) is 71.2 Å². The van der Waals surface area contributed by atoms with E-state index in [0.29, 0.717) is 25.8 Å². The molecule has 0 amide bonds. The van der Waals surface area contributed by atoms with Crippen LogP contribution in [-0.4, -0.2) is 45.6 Å². The zero-order valence-electron chi connectivity index (χ0n) is 10.5. The van der Waals surface area contributed by atoms with E-state index in [0.717, 1.165) is 8.83 Å². The molecule has 0 unspecified atom stereocenters. The summed E-state index contributed by atoms with van der Waals surface area (Å²) in [4.78, 5) is 11.8. The third-order valence-electron chi connectivity index (χ3n) is 2.31. The Morgan fingerprint density at radius 2 is 2.05 bits per heavy atom. The van der Waals surface area contributed by atoms with E-state index >= 15 is 0 Å². The number of benzene rings is 1. The third kappa shape index (κ3) is 4.25. The number of aromatic nitrogens is 2. The number of aliphatic imine (C=N–C) groups is 1. The van der Waals surface area contributed by atoms with Crippen LogP contribution in [0, 0.1) is 11.3 Å². The second-order valence-corrected chi connectivity index (χ2v) is 5.54. The number of halogens is 2. The van der Waals surface area contributed by atoms with E-state index in [-0.39, 0.29) is 11.5 Å². The van der Waals surface area contributed by atoms with Gasteiger partial charge in [0.1, 0.15) is 0 Å². The molecule has 0 spiro atoms. The normalized spacial score (nSPS) is 11.3. The van der Waals surface area contributed by atoms with Crippen molar-refractivity contribution in [3.63, 3.8) is 0 Å². The van der Waals surface area contributed by atoms with Crippen LogP contribution in [-0.2, 0) is 0 Å². The van der Waals surface area contributed by atoms with Crippen molar-refractivity contribution in [2.45, 2.75) is 6.61 Å². The van der Waals surface area contributed by atoms with Gasteiger partial charge in [0, 0.05) is 0 Å². The molecule has 0 N–H and O–H groups in total. The van der Waals surface area contributed by atoms with Gasteiger partial charge in [0.25, 0.3) is 0 Å². The van der Waals surface area contributed by atoms with Gasteiger partial charge in [-0.3, -0.25) is 0 Å². The summed E-state index contributed by atoms with van der Waals surface area (Å²) in [7, 11) is 0. The average molecular weight is 480 g/mol. The molecule has 21 heavy (non-hydrogen) atoms. The summed E-state index contributed by atoms with van der Waals surface area (Å²) < 4.78 is 29.2. The molecule has 1 heterocycles. The van der Waals surface area contributed by atoms with Crippen LogP contribution in [0.2, 0.25) is 0 Å². The minimum absolute atomic E-state index is 0.182. The molecule has 0 aliphatic carbocycles. The van der Waals surface area contributed by atoms with Crippen molar-refractivity contribution in [3.8, 4) is 11.9 Å². The number of nitrogens with zero attached hydrogens (tertiary/aromatic N) is 4. The number of alkyl halides is 2. The van der Waals surface area contributed by atoms with E-state index in [1.54, 1.807) is 6.07 Å². The van der Waals surface area contributed by atoms with E-state index in [1.165, 1.54) is 6.20 Å². The Hall–Kier alpha value is -1.96. The fraction of sp³-hybridized carbons (Fsp3) is 0.0769. The molecule has 0 saturated carbocycles. The van der Waals surface area contributed by atoms with Crippen molar-refractivity contribution in [2.24, 2.45) is 4.99 Å². The van der Waals surface area contributed by atoms with Crippen molar-refractivity contribution in [1.29, 1.82) is 5.26 Å². The summed E-state index contributed by atoms with van der Waals surface area (Å²) in [6.07, 6.45) is 1.19. The first kappa shape index (κ1) is 15.4. The first-order valence-corrected chi connectivity index (χ1v) is 7.62. The summed E-state index contributed by atoms with van der Waals surface area (Å²) in [5.41, 5.74) is 0.622. The minimum atomic E-state index is -3.06. The Morgan fingerprint density at radius 1 is 1.33 bits per heavy atom. The van der Waals surface area contributed by atoms with Crippen LogP contribution in [0.4, 0.5) is 14.6 Å². The van der Waals surface area contributed by atoms with Crippen LogP contribution in [0.1, 0.15) is 11.3 Å². The van der Waals surface area contributed by atoms with Crippen molar-refractivity contribution < 1.29 is 13.5 Å². The van der Waals surface area contributed by atoms with E-state index in [1.807, 2.05) is 30.3 Å². The molecule has 5 nitrogen and oxygen atoms in total. The van der Waals surface area contributed by atoms with Gasteiger partial charge in [-0.15, -0.1) is 0 Å². The number of nitriles is 1. The Morgan fingerprint density at radius 3 is 2.67 bits per heavy atom. The van der Waals surface area contributed by atoms with Crippen LogP contribution in [0.3, 0.4) is 0 Å².